The molecule has 0 saturated heterocycles. The molecule has 1 aromatic carbocycles. The molecule has 0 radical (unpaired) electrons. The zero-order chi connectivity index (χ0) is 14.8. The van der Waals surface area contributed by atoms with E-state index in [1.54, 1.807) is 24.3 Å². The number of thiophene rings is 1. The summed E-state index contributed by atoms with van der Waals surface area (Å²) in [5.41, 5.74) is 6.49. The number of hydrogen-bond acceptors (Lipinski definition) is 5. The first-order valence-corrected chi connectivity index (χ1v) is 8.33. The second kappa shape index (κ2) is 6.01. The topological polar surface area (TPSA) is 83.6 Å². The van der Waals surface area contributed by atoms with Gasteiger partial charge in [-0.1, -0.05) is 23.7 Å². The lowest BCUT2D eigenvalue weighted by Crippen LogP contribution is -2.33. The van der Waals surface area contributed by atoms with E-state index in [4.69, 9.17) is 22.4 Å². The average molecular weight is 333 g/mol. The molecule has 0 saturated carbocycles. The Labute approximate surface area is 126 Å². The van der Waals surface area contributed by atoms with Gasteiger partial charge in [0, 0.05) is 0 Å². The first kappa shape index (κ1) is 15.1. The summed E-state index contributed by atoms with van der Waals surface area (Å²) in [5.74, 6) is 0. The molecule has 0 aliphatic carbocycles. The number of nitrogens with two attached hydrogens (primary N) is 1. The first-order chi connectivity index (χ1) is 9.46. The smallest absolute Gasteiger partial charge is 0.274 e. The molecule has 0 spiro atoms. The summed E-state index contributed by atoms with van der Waals surface area (Å²) in [6.45, 7) is -0.390. The lowest BCUT2D eigenvalue weighted by atomic mass is 10.3. The van der Waals surface area contributed by atoms with Gasteiger partial charge in [-0.15, -0.1) is 11.3 Å². The van der Waals surface area contributed by atoms with E-state index in [9.17, 15) is 8.42 Å². The van der Waals surface area contributed by atoms with Crippen molar-refractivity contribution in [3.63, 3.8) is 0 Å². The largest absolute Gasteiger partial charge is 0.397 e. The van der Waals surface area contributed by atoms with Crippen LogP contribution >= 0.6 is 22.9 Å². The molecule has 5 nitrogen and oxygen atoms in total. The van der Waals surface area contributed by atoms with Gasteiger partial charge < -0.3 is 10.8 Å². The predicted octanol–water partition coefficient (Wildman–Crippen LogP) is 2.17. The Balaban J connectivity index is 2.51. The zero-order valence-electron chi connectivity index (χ0n) is 10.4. The van der Waals surface area contributed by atoms with E-state index >= 15 is 0 Å². The van der Waals surface area contributed by atoms with Crippen molar-refractivity contribution in [1.82, 2.24) is 0 Å². The molecule has 20 heavy (non-hydrogen) atoms. The van der Waals surface area contributed by atoms with Gasteiger partial charge in [0.25, 0.3) is 10.0 Å². The fourth-order valence-electron chi connectivity index (χ4n) is 1.72. The zero-order valence-corrected chi connectivity index (χ0v) is 12.7. The van der Waals surface area contributed by atoms with Gasteiger partial charge in [0.05, 0.1) is 28.9 Å². The lowest BCUT2D eigenvalue weighted by Gasteiger charge is -2.24. The van der Waals surface area contributed by atoms with Crippen molar-refractivity contribution in [2.75, 3.05) is 23.2 Å². The summed E-state index contributed by atoms with van der Waals surface area (Å²) in [6, 6.07) is 9.56. The second-order valence-corrected chi connectivity index (χ2v) is 7.72. The van der Waals surface area contributed by atoms with Gasteiger partial charge in [0.1, 0.15) is 4.21 Å². The van der Waals surface area contributed by atoms with Crippen molar-refractivity contribution < 1.29 is 13.5 Å². The maximum absolute atomic E-state index is 12.6. The predicted molar refractivity (Wildman–Crippen MR) is 81.8 cm³/mol. The fourth-order valence-corrected chi connectivity index (χ4v) is 4.80. The van der Waals surface area contributed by atoms with Crippen LogP contribution in [0.4, 0.5) is 11.4 Å². The molecule has 108 valence electrons. The van der Waals surface area contributed by atoms with E-state index in [1.807, 2.05) is 0 Å². The summed E-state index contributed by atoms with van der Waals surface area (Å²) in [4.78, 5) is 0. The molecule has 3 N–H and O–H groups in total. The van der Waals surface area contributed by atoms with Crippen LogP contribution in [0.2, 0.25) is 4.34 Å². The van der Waals surface area contributed by atoms with E-state index in [-0.39, 0.29) is 17.4 Å². The molecule has 0 unspecified atom stereocenters. The molecule has 1 aromatic heterocycles. The van der Waals surface area contributed by atoms with Crippen molar-refractivity contribution in [2.24, 2.45) is 0 Å². The molecular formula is C12H13ClN2O3S2. The number of benzene rings is 1. The number of aliphatic hydroxyl groups is 1. The van der Waals surface area contributed by atoms with Crippen LogP contribution in [0.25, 0.3) is 0 Å². The Morgan fingerprint density at radius 1 is 1.25 bits per heavy atom. The third kappa shape index (κ3) is 2.90. The Bertz CT molecular complexity index is 700. The van der Waals surface area contributed by atoms with Crippen LogP contribution in [0.5, 0.6) is 0 Å². The van der Waals surface area contributed by atoms with Gasteiger partial charge in [-0.3, -0.25) is 4.31 Å². The van der Waals surface area contributed by atoms with Crippen molar-refractivity contribution >= 4 is 44.3 Å². The molecule has 2 rings (SSSR count). The first-order valence-electron chi connectivity index (χ1n) is 5.70. The van der Waals surface area contributed by atoms with Crippen LogP contribution in [0, 0.1) is 0 Å². The minimum absolute atomic E-state index is 0.0773. The van der Waals surface area contributed by atoms with Crippen molar-refractivity contribution in [3.8, 4) is 0 Å². The van der Waals surface area contributed by atoms with Gasteiger partial charge in [0.2, 0.25) is 0 Å². The molecule has 1 heterocycles. The van der Waals surface area contributed by atoms with E-state index < -0.39 is 10.0 Å². The van der Waals surface area contributed by atoms with Crippen LogP contribution in [-0.4, -0.2) is 26.7 Å². The van der Waals surface area contributed by atoms with E-state index in [0.29, 0.717) is 15.7 Å². The highest BCUT2D eigenvalue weighted by molar-refractivity contribution is 7.94. The highest BCUT2D eigenvalue weighted by Crippen LogP contribution is 2.32. The number of sulfonamides is 1. The molecule has 0 bridgehead atoms. The van der Waals surface area contributed by atoms with Crippen LogP contribution in [0.1, 0.15) is 0 Å². The summed E-state index contributed by atoms with van der Waals surface area (Å²) in [7, 11) is -3.79. The Hall–Kier alpha value is -1.28. The standard InChI is InChI=1S/C12H13ClN2O3S2/c13-11-5-6-12(19-11)20(17,18)15(7-8-16)10-4-2-1-3-9(10)14/h1-6,16H,7-8,14H2. The van der Waals surface area contributed by atoms with Crippen LogP contribution < -0.4 is 10.0 Å². The summed E-state index contributed by atoms with van der Waals surface area (Å²) in [6.07, 6.45) is 0. The molecule has 0 atom stereocenters. The molecule has 8 heteroatoms. The second-order valence-electron chi connectivity index (χ2n) is 3.92. The molecule has 0 fully saturated rings. The number of aliphatic hydroxyl groups excluding tert-OH is 1. The van der Waals surface area contributed by atoms with Crippen LogP contribution in [0.3, 0.4) is 0 Å². The lowest BCUT2D eigenvalue weighted by molar-refractivity contribution is 0.307. The number of nitrogen functional groups attached to an aromatic ring is 1. The number of para-hydroxylation sites is 2. The van der Waals surface area contributed by atoms with Gasteiger partial charge in [-0.25, -0.2) is 8.42 Å². The molecule has 0 amide bonds. The number of anilines is 2. The average Bonchev–Trinajstić information content (AvgIpc) is 2.84. The molecular weight excluding hydrogens is 320 g/mol. The van der Waals surface area contributed by atoms with E-state index in [1.165, 1.54) is 12.1 Å². The molecule has 0 aliphatic rings. The minimum Gasteiger partial charge on any atom is -0.397 e. The van der Waals surface area contributed by atoms with Gasteiger partial charge in [-0.05, 0) is 24.3 Å². The maximum atomic E-state index is 12.6. The Morgan fingerprint density at radius 3 is 2.50 bits per heavy atom. The van der Waals surface area contributed by atoms with E-state index in [2.05, 4.69) is 0 Å². The quantitative estimate of drug-likeness (QED) is 0.822. The summed E-state index contributed by atoms with van der Waals surface area (Å²) in [5, 5.41) is 9.13. The monoisotopic (exact) mass is 332 g/mol. The van der Waals surface area contributed by atoms with Gasteiger partial charge in [-0.2, -0.15) is 0 Å². The normalized spacial score (nSPS) is 11.5. The maximum Gasteiger partial charge on any atom is 0.274 e. The van der Waals surface area contributed by atoms with E-state index in [0.717, 1.165) is 15.6 Å². The van der Waals surface area contributed by atoms with Crippen LogP contribution in [0.15, 0.2) is 40.6 Å². The Morgan fingerprint density at radius 2 is 1.95 bits per heavy atom. The van der Waals surface area contributed by atoms with Crippen molar-refractivity contribution in [1.29, 1.82) is 0 Å². The molecule has 2 aromatic rings. The van der Waals surface area contributed by atoms with Crippen LogP contribution in [-0.2, 0) is 10.0 Å². The highest BCUT2D eigenvalue weighted by atomic mass is 35.5. The fraction of sp³-hybridized carbons (Fsp3) is 0.167. The third-order valence-electron chi connectivity index (χ3n) is 2.60. The SMILES string of the molecule is Nc1ccccc1N(CCO)S(=O)(=O)c1ccc(Cl)s1. The molecule has 0 aliphatic heterocycles. The van der Waals surface area contributed by atoms with Gasteiger partial charge in [0.15, 0.2) is 0 Å². The highest BCUT2D eigenvalue weighted by Gasteiger charge is 2.27. The number of hydrogen-bond donors (Lipinski definition) is 2. The van der Waals surface area contributed by atoms with Crippen molar-refractivity contribution in [3.05, 3.63) is 40.7 Å². The summed E-state index contributed by atoms with van der Waals surface area (Å²) >= 11 is 6.75. The van der Waals surface area contributed by atoms with Gasteiger partial charge >= 0.3 is 0 Å². The third-order valence-corrected chi connectivity index (χ3v) is 6.11. The summed E-state index contributed by atoms with van der Waals surface area (Å²) < 4.78 is 26.8. The number of rotatable bonds is 5. The minimum atomic E-state index is -3.79. The number of nitrogens with zero attached hydrogens (tertiary/aromatic N) is 1. The Kier molecular flexibility index (Phi) is 4.54. The van der Waals surface area contributed by atoms with Crippen molar-refractivity contribution in [2.45, 2.75) is 4.21 Å². The number of halogens is 1.